The van der Waals surface area contributed by atoms with Gasteiger partial charge in [0.1, 0.15) is 0 Å². The van der Waals surface area contributed by atoms with Crippen molar-refractivity contribution in [2.75, 3.05) is 26.2 Å². The average Bonchev–Trinajstić information content (AvgIpc) is 3.12. The summed E-state index contributed by atoms with van der Waals surface area (Å²) >= 11 is 0. The van der Waals surface area contributed by atoms with Gasteiger partial charge in [0.05, 0.1) is 0 Å². The summed E-state index contributed by atoms with van der Waals surface area (Å²) in [5.41, 5.74) is 0. The van der Waals surface area contributed by atoms with Crippen molar-refractivity contribution in [3.8, 4) is 0 Å². The van der Waals surface area contributed by atoms with Gasteiger partial charge in [-0.05, 0) is 57.7 Å². The van der Waals surface area contributed by atoms with Crippen molar-refractivity contribution in [2.24, 2.45) is 5.92 Å². The number of likely N-dealkylation sites (tertiary alicyclic amines) is 1. The number of piperidine rings is 1. The first kappa shape index (κ1) is 12.4. The highest BCUT2D eigenvalue weighted by molar-refractivity contribution is 5.78. The van der Waals surface area contributed by atoms with Crippen molar-refractivity contribution in [3.63, 3.8) is 0 Å². The number of hydrogen-bond donors (Lipinski definition) is 2. The second-order valence-electron chi connectivity index (χ2n) is 6.23. The summed E-state index contributed by atoms with van der Waals surface area (Å²) < 4.78 is 0. The number of hydrogen-bond acceptors (Lipinski definition) is 3. The van der Waals surface area contributed by atoms with Crippen LogP contribution in [0.1, 0.15) is 38.5 Å². The zero-order valence-electron chi connectivity index (χ0n) is 11.2. The highest BCUT2D eigenvalue weighted by Gasteiger charge is 2.27. The zero-order valence-corrected chi connectivity index (χ0v) is 11.2. The van der Waals surface area contributed by atoms with Crippen molar-refractivity contribution >= 4 is 5.91 Å². The Bertz CT molecular complexity index is 295. The Morgan fingerprint density at radius 1 is 1.17 bits per heavy atom. The van der Waals surface area contributed by atoms with E-state index in [2.05, 4.69) is 15.5 Å². The molecule has 3 fully saturated rings. The van der Waals surface area contributed by atoms with Crippen LogP contribution in [-0.2, 0) is 4.79 Å². The van der Waals surface area contributed by atoms with Crippen LogP contribution in [0.5, 0.6) is 0 Å². The van der Waals surface area contributed by atoms with E-state index in [4.69, 9.17) is 0 Å². The van der Waals surface area contributed by atoms with Gasteiger partial charge >= 0.3 is 0 Å². The molecular weight excluding hydrogens is 226 g/mol. The fraction of sp³-hybridized carbons (Fsp3) is 0.929. The summed E-state index contributed by atoms with van der Waals surface area (Å²) in [5.74, 6) is 1.22. The predicted octanol–water partition coefficient (Wildman–Crippen LogP) is 0.729. The van der Waals surface area contributed by atoms with Crippen LogP contribution < -0.4 is 10.6 Å². The third-order valence-corrected chi connectivity index (χ3v) is 4.54. The van der Waals surface area contributed by atoms with Gasteiger partial charge in [-0.3, -0.25) is 4.79 Å². The topological polar surface area (TPSA) is 44.4 Å². The van der Waals surface area contributed by atoms with Crippen LogP contribution in [0.3, 0.4) is 0 Å². The molecule has 0 spiro atoms. The maximum Gasteiger partial charge on any atom is 0.220 e. The van der Waals surface area contributed by atoms with Crippen molar-refractivity contribution in [2.45, 2.75) is 50.6 Å². The van der Waals surface area contributed by atoms with Gasteiger partial charge in [0.25, 0.3) is 0 Å². The quantitative estimate of drug-likeness (QED) is 0.757. The summed E-state index contributed by atoms with van der Waals surface area (Å²) in [6.07, 6.45) is 7.17. The molecule has 102 valence electrons. The largest absolute Gasteiger partial charge is 0.352 e. The number of rotatable bonds is 5. The van der Waals surface area contributed by atoms with Gasteiger partial charge in [0.15, 0.2) is 0 Å². The lowest BCUT2D eigenvalue weighted by atomic mass is 10.0. The summed E-state index contributed by atoms with van der Waals surface area (Å²) in [4.78, 5) is 13.7. The van der Waals surface area contributed by atoms with Crippen LogP contribution >= 0.6 is 0 Å². The predicted molar refractivity (Wildman–Crippen MR) is 71.4 cm³/mol. The Kier molecular flexibility index (Phi) is 3.85. The Hall–Kier alpha value is -0.610. The van der Waals surface area contributed by atoms with E-state index in [1.807, 2.05) is 0 Å². The third-order valence-electron chi connectivity index (χ3n) is 4.54. The highest BCUT2D eigenvalue weighted by Crippen LogP contribution is 2.28. The van der Waals surface area contributed by atoms with E-state index in [0.29, 0.717) is 6.04 Å². The van der Waals surface area contributed by atoms with E-state index in [1.54, 1.807) is 0 Å². The minimum Gasteiger partial charge on any atom is -0.352 e. The number of carbonyl (C=O) groups is 1. The Balaban J connectivity index is 1.33. The summed E-state index contributed by atoms with van der Waals surface area (Å²) in [7, 11) is 0. The second kappa shape index (κ2) is 5.57. The molecule has 1 aliphatic carbocycles. The van der Waals surface area contributed by atoms with Crippen LogP contribution in [0.25, 0.3) is 0 Å². The number of nitrogens with one attached hydrogen (secondary N) is 2. The van der Waals surface area contributed by atoms with Crippen LogP contribution in [0.2, 0.25) is 0 Å². The number of carbonyl (C=O) groups excluding carboxylic acids is 1. The maximum atomic E-state index is 11.2. The molecule has 4 heteroatoms. The molecule has 0 aromatic rings. The first-order chi connectivity index (χ1) is 8.79. The maximum absolute atomic E-state index is 11.2. The van der Waals surface area contributed by atoms with Gasteiger partial charge < -0.3 is 15.5 Å². The van der Waals surface area contributed by atoms with Crippen molar-refractivity contribution in [1.82, 2.24) is 15.5 Å². The smallest absolute Gasteiger partial charge is 0.220 e. The second-order valence-corrected chi connectivity index (χ2v) is 6.23. The first-order valence-electron chi connectivity index (χ1n) is 7.55. The lowest BCUT2D eigenvalue weighted by Crippen LogP contribution is -2.47. The molecule has 1 atom stereocenters. The van der Waals surface area contributed by atoms with E-state index >= 15 is 0 Å². The third kappa shape index (κ3) is 3.45. The molecule has 2 heterocycles. The monoisotopic (exact) mass is 251 g/mol. The molecule has 0 radical (unpaired) electrons. The SMILES string of the molecule is O=C1CCC(CN2CCC(NCC3CC3)CC2)N1. The molecular formula is C14H25N3O. The molecule has 0 bridgehead atoms. The molecule has 0 aromatic carbocycles. The van der Waals surface area contributed by atoms with E-state index in [1.165, 1.54) is 45.3 Å². The van der Waals surface area contributed by atoms with Gasteiger partial charge in [0, 0.05) is 25.0 Å². The summed E-state index contributed by atoms with van der Waals surface area (Å²) in [5, 5.41) is 6.77. The number of nitrogens with zero attached hydrogens (tertiary/aromatic N) is 1. The van der Waals surface area contributed by atoms with Crippen molar-refractivity contribution in [3.05, 3.63) is 0 Å². The zero-order chi connectivity index (χ0) is 12.4. The summed E-state index contributed by atoms with van der Waals surface area (Å²) in [6.45, 7) is 4.67. The van der Waals surface area contributed by atoms with Crippen LogP contribution in [0.4, 0.5) is 0 Å². The van der Waals surface area contributed by atoms with Crippen molar-refractivity contribution < 1.29 is 4.79 Å². The van der Waals surface area contributed by atoms with E-state index < -0.39 is 0 Å². The van der Waals surface area contributed by atoms with E-state index in [0.717, 1.165) is 31.3 Å². The molecule has 2 aliphatic heterocycles. The lowest BCUT2D eigenvalue weighted by Gasteiger charge is -2.33. The molecule has 3 aliphatic rings. The molecule has 2 N–H and O–H groups in total. The van der Waals surface area contributed by atoms with Gasteiger partial charge in [0.2, 0.25) is 5.91 Å². The molecule has 3 rings (SSSR count). The van der Waals surface area contributed by atoms with Crippen LogP contribution in [0.15, 0.2) is 0 Å². The fourth-order valence-electron chi connectivity index (χ4n) is 3.10. The van der Waals surface area contributed by atoms with Gasteiger partial charge in [-0.25, -0.2) is 0 Å². The average molecular weight is 251 g/mol. The molecule has 18 heavy (non-hydrogen) atoms. The fourth-order valence-corrected chi connectivity index (χ4v) is 3.10. The molecule has 4 nitrogen and oxygen atoms in total. The Morgan fingerprint density at radius 3 is 2.56 bits per heavy atom. The Morgan fingerprint density at radius 2 is 1.94 bits per heavy atom. The van der Waals surface area contributed by atoms with Gasteiger partial charge in [-0.15, -0.1) is 0 Å². The van der Waals surface area contributed by atoms with E-state index in [9.17, 15) is 4.79 Å². The molecule has 1 amide bonds. The lowest BCUT2D eigenvalue weighted by molar-refractivity contribution is -0.119. The minimum atomic E-state index is 0.237. The van der Waals surface area contributed by atoms with Crippen LogP contribution in [-0.4, -0.2) is 49.1 Å². The minimum absolute atomic E-state index is 0.237. The van der Waals surface area contributed by atoms with Crippen molar-refractivity contribution in [1.29, 1.82) is 0 Å². The highest BCUT2D eigenvalue weighted by atomic mass is 16.1. The molecule has 1 saturated carbocycles. The normalized spacial score (nSPS) is 30.7. The first-order valence-corrected chi connectivity index (χ1v) is 7.55. The van der Waals surface area contributed by atoms with Crippen LogP contribution in [0, 0.1) is 5.92 Å². The molecule has 1 unspecified atom stereocenters. The molecule has 0 aromatic heterocycles. The standard InChI is InChI=1S/C14H25N3O/c18-14-4-3-13(16-14)10-17-7-5-12(6-8-17)15-9-11-1-2-11/h11-13,15H,1-10H2,(H,16,18). The number of amides is 1. The van der Waals surface area contributed by atoms with Gasteiger partial charge in [-0.1, -0.05) is 0 Å². The molecule has 2 saturated heterocycles. The van der Waals surface area contributed by atoms with E-state index in [-0.39, 0.29) is 5.91 Å². The summed E-state index contributed by atoms with van der Waals surface area (Å²) in [6, 6.07) is 1.15. The van der Waals surface area contributed by atoms with Gasteiger partial charge in [-0.2, -0.15) is 0 Å². The Labute approximate surface area is 109 Å².